The lowest BCUT2D eigenvalue weighted by atomic mass is 10.1. The fourth-order valence-electron chi connectivity index (χ4n) is 1.90. The van der Waals surface area contributed by atoms with E-state index in [1.165, 1.54) is 13.3 Å². The van der Waals surface area contributed by atoms with Crippen LogP contribution in [-0.4, -0.2) is 35.2 Å². The molecule has 0 saturated heterocycles. The van der Waals surface area contributed by atoms with Crippen LogP contribution in [0.2, 0.25) is 0 Å². The fourth-order valence-corrected chi connectivity index (χ4v) is 1.90. The van der Waals surface area contributed by atoms with Gasteiger partial charge < -0.3 is 20.5 Å². The maximum absolute atomic E-state index is 11.7. The molecule has 0 spiro atoms. The number of amides is 2. The van der Waals surface area contributed by atoms with Crippen LogP contribution in [0.5, 0.6) is 5.88 Å². The molecule has 7 nitrogen and oxygen atoms in total. The summed E-state index contributed by atoms with van der Waals surface area (Å²) < 4.78 is 4.91. The summed E-state index contributed by atoms with van der Waals surface area (Å²) in [5.74, 6) is -0.966. The fraction of sp³-hybridized carbons (Fsp3) is 0.308. The van der Waals surface area contributed by atoms with Gasteiger partial charge in [0.25, 0.3) is 0 Å². The van der Waals surface area contributed by atoms with Crippen LogP contribution in [-0.2, 0) is 4.79 Å². The molecule has 0 aromatic carbocycles. The number of carbonyl (C=O) groups excluding carboxylic acids is 1. The molecule has 1 aliphatic carbocycles. The Bertz CT molecular complexity index is 527. The molecule has 3 N–H and O–H groups in total. The van der Waals surface area contributed by atoms with E-state index in [-0.39, 0.29) is 6.04 Å². The summed E-state index contributed by atoms with van der Waals surface area (Å²) in [6, 6.07) is 2.61. The van der Waals surface area contributed by atoms with Gasteiger partial charge >= 0.3 is 12.0 Å². The minimum atomic E-state index is -0.884. The number of ether oxygens (including phenoxy) is 1. The molecule has 1 aliphatic rings. The zero-order valence-corrected chi connectivity index (χ0v) is 10.9. The van der Waals surface area contributed by atoms with Crippen molar-refractivity contribution in [2.75, 3.05) is 12.4 Å². The molecular formula is C13H15N3O4. The van der Waals surface area contributed by atoms with Crippen LogP contribution in [0.25, 0.3) is 0 Å². The van der Waals surface area contributed by atoms with Crippen molar-refractivity contribution in [1.82, 2.24) is 10.3 Å². The van der Waals surface area contributed by atoms with Crippen LogP contribution in [0.3, 0.4) is 0 Å². The first kappa shape index (κ1) is 13.9. The van der Waals surface area contributed by atoms with E-state index in [4.69, 9.17) is 9.84 Å². The van der Waals surface area contributed by atoms with Gasteiger partial charge in [-0.25, -0.2) is 9.78 Å². The summed E-state index contributed by atoms with van der Waals surface area (Å²) in [5.41, 5.74) is 0.528. The van der Waals surface area contributed by atoms with Gasteiger partial charge in [0.2, 0.25) is 5.88 Å². The number of hydrogen-bond acceptors (Lipinski definition) is 4. The van der Waals surface area contributed by atoms with Crippen molar-refractivity contribution in [3.63, 3.8) is 0 Å². The largest absolute Gasteiger partial charge is 0.481 e. The molecule has 7 heteroatoms. The third-order valence-corrected chi connectivity index (χ3v) is 2.92. The molecule has 1 aromatic rings. The zero-order valence-electron chi connectivity index (χ0n) is 10.9. The van der Waals surface area contributed by atoms with Crippen LogP contribution in [0, 0.1) is 5.92 Å². The number of nitrogens with one attached hydrogen (secondary N) is 2. The first-order valence-corrected chi connectivity index (χ1v) is 6.07. The third kappa shape index (κ3) is 3.47. The molecule has 2 rings (SSSR count). The minimum Gasteiger partial charge on any atom is -0.481 e. The van der Waals surface area contributed by atoms with Crippen molar-refractivity contribution in [1.29, 1.82) is 0 Å². The number of nitrogens with zero attached hydrogens (tertiary/aromatic N) is 1. The van der Waals surface area contributed by atoms with E-state index in [9.17, 15) is 9.59 Å². The van der Waals surface area contributed by atoms with Gasteiger partial charge in [0.1, 0.15) is 0 Å². The van der Waals surface area contributed by atoms with Crippen LogP contribution >= 0.6 is 0 Å². The average Bonchev–Trinajstić information content (AvgIpc) is 2.88. The van der Waals surface area contributed by atoms with E-state index in [1.807, 2.05) is 0 Å². The Labute approximate surface area is 115 Å². The van der Waals surface area contributed by atoms with Gasteiger partial charge in [-0.1, -0.05) is 12.2 Å². The lowest BCUT2D eigenvalue weighted by molar-refractivity contribution is -0.140. The van der Waals surface area contributed by atoms with Crippen molar-refractivity contribution in [3.05, 3.63) is 30.5 Å². The number of pyridine rings is 1. The van der Waals surface area contributed by atoms with Crippen molar-refractivity contribution in [3.8, 4) is 5.88 Å². The quantitative estimate of drug-likeness (QED) is 0.719. The number of hydrogen-bond donors (Lipinski definition) is 3. The highest BCUT2D eigenvalue weighted by Crippen LogP contribution is 2.18. The second-order valence-corrected chi connectivity index (χ2v) is 4.36. The highest BCUT2D eigenvalue weighted by Gasteiger charge is 2.25. The Morgan fingerprint density at radius 1 is 1.40 bits per heavy atom. The lowest BCUT2D eigenvalue weighted by Gasteiger charge is -2.13. The highest BCUT2D eigenvalue weighted by molar-refractivity contribution is 5.89. The average molecular weight is 277 g/mol. The smallest absolute Gasteiger partial charge is 0.319 e. The summed E-state index contributed by atoms with van der Waals surface area (Å²) in [6.07, 6.45) is 5.11. The van der Waals surface area contributed by atoms with Crippen LogP contribution in [0.4, 0.5) is 10.5 Å². The number of carbonyl (C=O) groups is 2. The van der Waals surface area contributed by atoms with Gasteiger partial charge in [-0.3, -0.25) is 4.79 Å². The predicted octanol–water partition coefficient (Wildman–Crippen LogP) is 1.24. The standard InChI is InChI=1S/C13H15N3O4/c1-20-11-5-4-10(7-14-11)16-13(19)15-9-3-2-8(6-9)12(17)18/h2-5,7-9H,6H2,1H3,(H,17,18)(H2,15,16,19). The number of carboxylic acid groups (broad SMARTS) is 1. The molecule has 1 aromatic heterocycles. The Balaban J connectivity index is 1.84. The molecule has 0 radical (unpaired) electrons. The van der Waals surface area contributed by atoms with Crippen molar-refractivity contribution in [2.24, 2.45) is 5.92 Å². The van der Waals surface area contributed by atoms with Gasteiger partial charge in [-0.2, -0.15) is 0 Å². The molecule has 20 heavy (non-hydrogen) atoms. The molecule has 2 atom stereocenters. The Morgan fingerprint density at radius 2 is 2.20 bits per heavy atom. The minimum absolute atomic E-state index is 0.276. The number of methoxy groups -OCH3 is 1. The molecule has 0 saturated carbocycles. The van der Waals surface area contributed by atoms with E-state index in [0.717, 1.165) is 0 Å². The predicted molar refractivity (Wildman–Crippen MR) is 71.6 cm³/mol. The van der Waals surface area contributed by atoms with Crippen LogP contribution < -0.4 is 15.4 Å². The molecule has 2 amide bonds. The van der Waals surface area contributed by atoms with Gasteiger partial charge in [-0.15, -0.1) is 0 Å². The number of aliphatic carboxylic acids is 1. The first-order valence-electron chi connectivity index (χ1n) is 6.07. The summed E-state index contributed by atoms with van der Waals surface area (Å²) in [4.78, 5) is 26.5. The van der Waals surface area contributed by atoms with Gasteiger partial charge in [-0.05, 0) is 12.5 Å². The maximum Gasteiger partial charge on any atom is 0.319 e. The molecule has 0 fully saturated rings. The number of rotatable bonds is 4. The topological polar surface area (TPSA) is 101 Å². The summed E-state index contributed by atoms with van der Waals surface area (Å²) in [5, 5.41) is 14.1. The lowest BCUT2D eigenvalue weighted by Crippen LogP contribution is -2.36. The van der Waals surface area contributed by atoms with Gasteiger partial charge in [0, 0.05) is 6.07 Å². The number of anilines is 1. The van der Waals surface area contributed by atoms with E-state index in [1.54, 1.807) is 24.3 Å². The second-order valence-electron chi connectivity index (χ2n) is 4.36. The summed E-state index contributed by atoms with van der Waals surface area (Å²) in [6.45, 7) is 0. The first-order chi connectivity index (χ1) is 9.58. The summed E-state index contributed by atoms with van der Waals surface area (Å²) in [7, 11) is 1.51. The molecular weight excluding hydrogens is 262 g/mol. The molecule has 106 valence electrons. The van der Waals surface area contributed by atoms with Crippen LogP contribution in [0.15, 0.2) is 30.5 Å². The number of carboxylic acids is 1. The van der Waals surface area contributed by atoms with Gasteiger partial charge in [0.15, 0.2) is 0 Å². The molecule has 2 unspecified atom stereocenters. The highest BCUT2D eigenvalue weighted by atomic mass is 16.5. The van der Waals surface area contributed by atoms with E-state index in [2.05, 4.69) is 15.6 Å². The van der Waals surface area contributed by atoms with Crippen molar-refractivity contribution >= 4 is 17.7 Å². The molecule has 1 heterocycles. The number of urea groups is 1. The Morgan fingerprint density at radius 3 is 2.75 bits per heavy atom. The Kier molecular flexibility index (Phi) is 4.19. The summed E-state index contributed by atoms with van der Waals surface area (Å²) >= 11 is 0. The van der Waals surface area contributed by atoms with Crippen molar-refractivity contribution in [2.45, 2.75) is 12.5 Å². The second kappa shape index (κ2) is 6.05. The Hall–Kier alpha value is -2.57. The normalized spacial score (nSPS) is 20.4. The van der Waals surface area contributed by atoms with Crippen LogP contribution in [0.1, 0.15) is 6.42 Å². The number of aromatic nitrogens is 1. The van der Waals surface area contributed by atoms with Gasteiger partial charge in [0.05, 0.1) is 31.0 Å². The zero-order chi connectivity index (χ0) is 14.5. The van der Waals surface area contributed by atoms with E-state index >= 15 is 0 Å². The van der Waals surface area contributed by atoms with E-state index < -0.39 is 17.9 Å². The maximum atomic E-state index is 11.7. The van der Waals surface area contributed by atoms with Crippen molar-refractivity contribution < 1.29 is 19.4 Å². The van der Waals surface area contributed by atoms with E-state index in [0.29, 0.717) is 18.0 Å². The monoisotopic (exact) mass is 277 g/mol. The molecule has 0 bridgehead atoms. The molecule has 0 aliphatic heterocycles. The SMILES string of the molecule is COc1ccc(NC(=O)NC2C=CC(C(=O)O)C2)cn1. The third-order valence-electron chi connectivity index (χ3n) is 2.92.